The highest BCUT2D eigenvalue weighted by Crippen LogP contribution is 2.43. The quantitative estimate of drug-likeness (QED) is 0.736. The molecule has 3 aliphatic rings. The fourth-order valence-electron chi connectivity index (χ4n) is 3.52. The second-order valence-electron chi connectivity index (χ2n) is 7.44. The van der Waals surface area contributed by atoms with Crippen LogP contribution in [0.1, 0.15) is 53.9 Å². The number of carbonyl (C=O) groups excluding carboxylic acids is 1. The number of nitrogens with zero attached hydrogens (tertiary/aromatic N) is 1. The lowest BCUT2D eigenvalue weighted by atomic mass is 9.73. The zero-order valence-corrected chi connectivity index (χ0v) is 14.2. The summed E-state index contributed by atoms with van der Waals surface area (Å²) in [6.45, 7) is 10.5. The van der Waals surface area contributed by atoms with E-state index in [1.165, 1.54) is 5.47 Å². The van der Waals surface area contributed by atoms with E-state index in [9.17, 15) is 4.79 Å². The first kappa shape index (κ1) is 15.9. The van der Waals surface area contributed by atoms with Gasteiger partial charge < -0.3 is 14.0 Å². The normalized spacial score (nSPS) is 32.1. The third-order valence-electron chi connectivity index (χ3n) is 5.46. The Hall–Kier alpha value is -1.01. The summed E-state index contributed by atoms with van der Waals surface area (Å²) in [7, 11) is -0.294. The monoisotopic (exact) mass is 307 g/mol. The van der Waals surface area contributed by atoms with Gasteiger partial charge in [-0.15, -0.1) is 0 Å². The highest BCUT2D eigenvalue weighted by atomic mass is 16.7. The predicted molar refractivity (Wildman–Crippen MR) is 84.5 cm³/mol. The number of ether oxygens (including phenoxy) is 1. The summed E-state index contributed by atoms with van der Waals surface area (Å²) in [4.78, 5) is 14.0. The van der Waals surface area contributed by atoms with E-state index in [1.807, 2.05) is 11.8 Å². The molecule has 3 aliphatic heterocycles. The molecule has 0 aromatic heterocycles. The second kappa shape index (κ2) is 5.27. The van der Waals surface area contributed by atoms with Gasteiger partial charge in [-0.2, -0.15) is 0 Å². The van der Waals surface area contributed by atoms with Crippen LogP contribution in [0, 0.1) is 0 Å². The molecule has 2 saturated heterocycles. The van der Waals surface area contributed by atoms with Crippen LogP contribution in [0.3, 0.4) is 0 Å². The van der Waals surface area contributed by atoms with Gasteiger partial charge >= 0.3 is 13.2 Å². The van der Waals surface area contributed by atoms with Gasteiger partial charge in [0.1, 0.15) is 0 Å². The molecule has 2 unspecified atom stereocenters. The van der Waals surface area contributed by atoms with Crippen LogP contribution in [0.4, 0.5) is 4.79 Å². The highest BCUT2D eigenvalue weighted by Gasteiger charge is 2.54. The molecule has 3 heterocycles. The Kier molecular flexibility index (Phi) is 3.80. The molecule has 22 heavy (non-hydrogen) atoms. The minimum atomic E-state index is -0.324. The number of fused-ring (bicyclic) bond motifs is 2. The van der Waals surface area contributed by atoms with Crippen LogP contribution in [0.2, 0.25) is 0 Å². The zero-order chi connectivity index (χ0) is 16.1. The van der Waals surface area contributed by atoms with Crippen molar-refractivity contribution >= 4 is 13.2 Å². The summed E-state index contributed by atoms with van der Waals surface area (Å²) in [5.74, 6) is 0. The van der Waals surface area contributed by atoms with Gasteiger partial charge in [0.25, 0.3) is 0 Å². The average Bonchev–Trinajstić information content (AvgIpc) is 2.80. The second-order valence-corrected chi connectivity index (χ2v) is 7.44. The summed E-state index contributed by atoms with van der Waals surface area (Å²) in [6, 6.07) is 0.329. The van der Waals surface area contributed by atoms with Crippen molar-refractivity contribution in [3.63, 3.8) is 0 Å². The van der Waals surface area contributed by atoms with Crippen LogP contribution in [-0.4, -0.2) is 48.0 Å². The van der Waals surface area contributed by atoms with E-state index in [4.69, 9.17) is 14.0 Å². The molecule has 0 radical (unpaired) electrons. The van der Waals surface area contributed by atoms with Gasteiger partial charge in [-0.1, -0.05) is 6.08 Å². The van der Waals surface area contributed by atoms with Crippen molar-refractivity contribution in [2.45, 2.75) is 77.2 Å². The Morgan fingerprint density at radius 1 is 1.32 bits per heavy atom. The molecule has 6 heteroatoms. The van der Waals surface area contributed by atoms with Gasteiger partial charge in [0.05, 0.1) is 23.9 Å². The standard InChI is InChI=1S/C16H26BNO4/c1-6-20-14(19)18-12-7-8-13(18)10-11(9-12)17-21-15(2,3)16(4,5)22-17/h9,12-13H,6-8,10H2,1-5H3. The largest absolute Gasteiger partial charge is 0.490 e. The molecule has 2 fully saturated rings. The maximum Gasteiger partial charge on any atom is 0.490 e. The van der Waals surface area contributed by atoms with E-state index in [0.717, 1.165) is 19.3 Å². The average molecular weight is 307 g/mol. The lowest BCUT2D eigenvalue weighted by Crippen LogP contribution is -2.45. The molecular formula is C16H26BNO4. The van der Waals surface area contributed by atoms with Crippen molar-refractivity contribution < 1.29 is 18.8 Å². The first-order chi connectivity index (χ1) is 10.2. The summed E-state index contributed by atoms with van der Waals surface area (Å²) in [5.41, 5.74) is 0.526. The Bertz CT molecular complexity index is 486. The lowest BCUT2D eigenvalue weighted by Gasteiger charge is -2.33. The minimum absolute atomic E-state index is 0.117. The topological polar surface area (TPSA) is 48.0 Å². The maximum absolute atomic E-state index is 12.1. The van der Waals surface area contributed by atoms with Gasteiger partial charge in [-0.3, -0.25) is 4.90 Å². The van der Waals surface area contributed by atoms with Gasteiger partial charge in [0.2, 0.25) is 0 Å². The maximum atomic E-state index is 12.1. The number of hydrogen-bond donors (Lipinski definition) is 0. The van der Waals surface area contributed by atoms with E-state index in [2.05, 4.69) is 33.8 Å². The fraction of sp³-hybridized carbons (Fsp3) is 0.812. The van der Waals surface area contributed by atoms with E-state index in [-0.39, 0.29) is 36.5 Å². The van der Waals surface area contributed by atoms with E-state index < -0.39 is 0 Å². The molecule has 5 nitrogen and oxygen atoms in total. The van der Waals surface area contributed by atoms with Gasteiger partial charge in [-0.25, -0.2) is 4.79 Å². The molecule has 1 amide bonds. The van der Waals surface area contributed by atoms with Crippen molar-refractivity contribution in [3.05, 3.63) is 11.5 Å². The summed E-state index contributed by atoms with van der Waals surface area (Å²) in [5, 5.41) is 0. The van der Waals surface area contributed by atoms with Crippen molar-refractivity contribution in [3.8, 4) is 0 Å². The Morgan fingerprint density at radius 3 is 2.50 bits per heavy atom. The van der Waals surface area contributed by atoms with Crippen molar-refractivity contribution in [1.29, 1.82) is 0 Å². The van der Waals surface area contributed by atoms with Crippen molar-refractivity contribution in [2.75, 3.05) is 6.61 Å². The van der Waals surface area contributed by atoms with E-state index in [1.54, 1.807) is 0 Å². The smallest absolute Gasteiger partial charge is 0.450 e. The van der Waals surface area contributed by atoms with Crippen LogP contribution < -0.4 is 0 Å². The Labute approximate surface area is 133 Å². The van der Waals surface area contributed by atoms with Crippen LogP contribution in [-0.2, 0) is 14.0 Å². The van der Waals surface area contributed by atoms with Gasteiger partial charge in [0.15, 0.2) is 0 Å². The third kappa shape index (κ3) is 2.46. The predicted octanol–water partition coefficient (Wildman–Crippen LogP) is 2.94. The Morgan fingerprint density at radius 2 is 1.95 bits per heavy atom. The first-order valence-corrected chi connectivity index (χ1v) is 8.26. The zero-order valence-electron chi connectivity index (χ0n) is 14.2. The fourth-order valence-corrected chi connectivity index (χ4v) is 3.52. The highest BCUT2D eigenvalue weighted by molar-refractivity contribution is 6.54. The van der Waals surface area contributed by atoms with Crippen LogP contribution >= 0.6 is 0 Å². The molecular weight excluding hydrogens is 281 g/mol. The molecule has 0 saturated carbocycles. The van der Waals surface area contributed by atoms with Gasteiger partial charge in [-0.05, 0) is 59.4 Å². The van der Waals surface area contributed by atoms with Crippen molar-refractivity contribution in [2.24, 2.45) is 0 Å². The van der Waals surface area contributed by atoms with E-state index >= 15 is 0 Å². The molecule has 2 atom stereocenters. The molecule has 122 valence electrons. The lowest BCUT2D eigenvalue weighted by molar-refractivity contribution is 0.00578. The third-order valence-corrected chi connectivity index (χ3v) is 5.46. The molecule has 2 bridgehead atoms. The summed E-state index contributed by atoms with van der Waals surface area (Å²) >= 11 is 0. The van der Waals surface area contributed by atoms with Gasteiger partial charge in [0, 0.05) is 6.04 Å². The number of hydrogen-bond acceptors (Lipinski definition) is 4. The molecule has 0 aromatic carbocycles. The summed E-state index contributed by atoms with van der Waals surface area (Å²) < 4.78 is 17.5. The van der Waals surface area contributed by atoms with Crippen LogP contribution in [0.5, 0.6) is 0 Å². The Balaban J connectivity index is 1.77. The molecule has 0 aliphatic carbocycles. The number of rotatable bonds is 2. The molecule has 0 spiro atoms. The summed E-state index contributed by atoms with van der Waals surface area (Å²) in [6.07, 6.45) is 4.78. The number of amides is 1. The SMILES string of the molecule is CCOC(=O)N1C2C=C(B3OC(C)(C)C(C)(C)O3)CC1CC2. The van der Waals surface area contributed by atoms with Crippen LogP contribution in [0.15, 0.2) is 11.5 Å². The molecule has 0 aromatic rings. The number of carbonyl (C=O) groups is 1. The minimum Gasteiger partial charge on any atom is -0.450 e. The molecule has 0 N–H and O–H groups in total. The first-order valence-electron chi connectivity index (χ1n) is 8.26. The van der Waals surface area contributed by atoms with Crippen molar-refractivity contribution in [1.82, 2.24) is 4.90 Å². The van der Waals surface area contributed by atoms with E-state index in [0.29, 0.717) is 6.61 Å². The molecule has 3 rings (SSSR count). The van der Waals surface area contributed by atoms with Crippen LogP contribution in [0.25, 0.3) is 0 Å².